The number of hydrogen-bond acceptors (Lipinski definition) is 2. The molecule has 0 spiro atoms. The highest BCUT2D eigenvalue weighted by molar-refractivity contribution is 6.03. The van der Waals surface area contributed by atoms with E-state index in [4.69, 9.17) is 6.42 Å². The van der Waals surface area contributed by atoms with Gasteiger partial charge in [-0.05, 0) is 29.0 Å². The molecule has 0 radical (unpaired) electrons. The zero-order chi connectivity index (χ0) is 16.1. The van der Waals surface area contributed by atoms with Crippen LogP contribution >= 0.6 is 0 Å². The Morgan fingerprint density at radius 2 is 1.64 bits per heavy atom. The van der Waals surface area contributed by atoms with Crippen LogP contribution in [0, 0.1) is 24.2 Å². The molecular formula is C18H10O4. The average molecular weight is 290 g/mol. The highest BCUT2D eigenvalue weighted by Crippen LogP contribution is 2.28. The summed E-state index contributed by atoms with van der Waals surface area (Å²) in [5.41, 5.74) is 0.577. The first-order chi connectivity index (χ1) is 10.6. The molecule has 2 N–H and O–H groups in total. The largest absolute Gasteiger partial charge is 0.478 e. The number of carbonyl (C=O) groups is 2. The Morgan fingerprint density at radius 3 is 2.18 bits per heavy atom. The first-order valence-electron chi connectivity index (χ1n) is 6.22. The standard InChI is InChI=1S/C18H10O4/c1-2-3-9-14-15(17(19)20)11-10-13(16(14)18(21)22)12-7-5-4-6-8-12/h1,4-8,10-11H,(H,19,20)(H,21,22). The maximum absolute atomic E-state index is 11.6. The smallest absolute Gasteiger partial charge is 0.337 e. The minimum Gasteiger partial charge on any atom is -0.478 e. The molecule has 0 aliphatic heterocycles. The van der Waals surface area contributed by atoms with Crippen LogP contribution in [0.5, 0.6) is 0 Å². The molecule has 0 unspecified atom stereocenters. The second-order valence-electron chi connectivity index (χ2n) is 4.28. The van der Waals surface area contributed by atoms with E-state index in [1.54, 1.807) is 30.3 Å². The van der Waals surface area contributed by atoms with Crippen LogP contribution in [0.25, 0.3) is 11.1 Å². The molecule has 2 aromatic rings. The molecule has 106 valence electrons. The molecule has 2 rings (SSSR count). The number of benzene rings is 2. The Kier molecular flexibility index (Phi) is 4.27. The third-order valence-electron chi connectivity index (χ3n) is 2.99. The summed E-state index contributed by atoms with van der Waals surface area (Å²) in [6.45, 7) is 0. The predicted octanol–water partition coefficient (Wildman–Crippen LogP) is 2.73. The fraction of sp³-hybridized carbons (Fsp3) is 0. The van der Waals surface area contributed by atoms with Gasteiger partial charge in [0.25, 0.3) is 0 Å². The molecule has 22 heavy (non-hydrogen) atoms. The van der Waals surface area contributed by atoms with Gasteiger partial charge in [-0.2, -0.15) is 0 Å². The molecule has 0 aliphatic carbocycles. The summed E-state index contributed by atoms with van der Waals surface area (Å²) in [5, 5.41) is 18.7. The van der Waals surface area contributed by atoms with Crippen LogP contribution < -0.4 is 0 Å². The van der Waals surface area contributed by atoms with Gasteiger partial charge in [-0.25, -0.2) is 9.59 Å². The Hall–Kier alpha value is -3.50. The van der Waals surface area contributed by atoms with Gasteiger partial charge in [-0.3, -0.25) is 0 Å². The van der Waals surface area contributed by atoms with Gasteiger partial charge in [0, 0.05) is 0 Å². The lowest BCUT2D eigenvalue weighted by Crippen LogP contribution is -2.09. The normalized spacial score (nSPS) is 9.23. The van der Waals surface area contributed by atoms with E-state index >= 15 is 0 Å². The molecule has 0 bridgehead atoms. The van der Waals surface area contributed by atoms with Gasteiger partial charge in [-0.1, -0.05) is 42.3 Å². The minimum absolute atomic E-state index is 0.0979. The summed E-state index contributed by atoms with van der Waals surface area (Å²) >= 11 is 0. The van der Waals surface area contributed by atoms with Gasteiger partial charge < -0.3 is 10.2 Å². The molecule has 4 heteroatoms. The predicted molar refractivity (Wildman–Crippen MR) is 81.5 cm³/mol. The van der Waals surface area contributed by atoms with Gasteiger partial charge in [0.15, 0.2) is 0 Å². The van der Waals surface area contributed by atoms with E-state index in [2.05, 4.69) is 17.8 Å². The van der Waals surface area contributed by atoms with Gasteiger partial charge >= 0.3 is 11.9 Å². The van der Waals surface area contributed by atoms with E-state index < -0.39 is 11.9 Å². The number of aromatic carboxylic acids is 2. The molecular weight excluding hydrogens is 280 g/mol. The SMILES string of the molecule is C#CC#Cc1c(C(=O)O)ccc(-c2ccccc2)c1C(=O)O. The van der Waals surface area contributed by atoms with Crippen molar-refractivity contribution < 1.29 is 19.8 Å². The second-order valence-corrected chi connectivity index (χ2v) is 4.28. The van der Waals surface area contributed by atoms with E-state index in [0.29, 0.717) is 11.1 Å². The lowest BCUT2D eigenvalue weighted by Gasteiger charge is -2.11. The molecule has 0 heterocycles. The number of hydrogen-bond donors (Lipinski definition) is 2. The summed E-state index contributed by atoms with van der Waals surface area (Å²) < 4.78 is 0. The molecule has 0 fully saturated rings. The molecule has 0 amide bonds. The monoisotopic (exact) mass is 290 g/mol. The molecule has 0 aliphatic rings. The van der Waals surface area contributed by atoms with Crippen LogP contribution in [0.2, 0.25) is 0 Å². The van der Waals surface area contributed by atoms with E-state index in [0.717, 1.165) is 0 Å². The van der Waals surface area contributed by atoms with Gasteiger partial charge in [-0.15, -0.1) is 6.42 Å². The van der Waals surface area contributed by atoms with Gasteiger partial charge in [0.05, 0.1) is 16.7 Å². The van der Waals surface area contributed by atoms with Crippen molar-refractivity contribution in [2.45, 2.75) is 0 Å². The molecule has 4 nitrogen and oxygen atoms in total. The highest BCUT2D eigenvalue weighted by atomic mass is 16.4. The molecule has 2 aromatic carbocycles. The fourth-order valence-corrected chi connectivity index (χ4v) is 2.09. The molecule has 0 aromatic heterocycles. The summed E-state index contributed by atoms with van der Waals surface area (Å²) in [5.74, 6) is 4.28. The highest BCUT2D eigenvalue weighted by Gasteiger charge is 2.22. The zero-order valence-electron chi connectivity index (χ0n) is 11.3. The van der Waals surface area contributed by atoms with Crippen molar-refractivity contribution in [1.82, 2.24) is 0 Å². The number of carboxylic acid groups (broad SMARTS) is 2. The van der Waals surface area contributed by atoms with Crippen molar-refractivity contribution in [2.24, 2.45) is 0 Å². The summed E-state index contributed by atoms with van der Waals surface area (Å²) in [7, 11) is 0. The Morgan fingerprint density at radius 1 is 0.955 bits per heavy atom. The maximum Gasteiger partial charge on any atom is 0.337 e. The first-order valence-corrected chi connectivity index (χ1v) is 6.22. The van der Waals surface area contributed by atoms with Crippen molar-refractivity contribution in [3.8, 4) is 35.3 Å². The van der Waals surface area contributed by atoms with Gasteiger partial charge in [0.2, 0.25) is 0 Å². The number of terminal acetylenes is 1. The topological polar surface area (TPSA) is 74.6 Å². The average Bonchev–Trinajstić information content (AvgIpc) is 2.52. The minimum atomic E-state index is -1.26. The van der Waals surface area contributed by atoms with E-state index in [1.807, 2.05) is 0 Å². The molecule has 0 saturated heterocycles. The van der Waals surface area contributed by atoms with E-state index in [-0.39, 0.29) is 16.7 Å². The first kappa shape index (κ1) is 14.9. The van der Waals surface area contributed by atoms with Crippen LogP contribution in [0.1, 0.15) is 26.3 Å². The summed E-state index contributed by atoms with van der Waals surface area (Å²) in [6.07, 6.45) is 5.06. The van der Waals surface area contributed by atoms with E-state index in [1.165, 1.54) is 12.1 Å². The third-order valence-corrected chi connectivity index (χ3v) is 2.99. The fourth-order valence-electron chi connectivity index (χ4n) is 2.09. The van der Waals surface area contributed by atoms with Crippen LogP contribution in [0.3, 0.4) is 0 Å². The molecule has 0 saturated carbocycles. The van der Waals surface area contributed by atoms with Crippen molar-refractivity contribution in [3.05, 3.63) is 59.2 Å². The third kappa shape index (κ3) is 2.82. The van der Waals surface area contributed by atoms with Crippen LogP contribution in [-0.4, -0.2) is 22.2 Å². The number of rotatable bonds is 3. The summed E-state index contributed by atoms with van der Waals surface area (Å²) in [4.78, 5) is 22.9. The quantitative estimate of drug-likeness (QED) is 0.852. The van der Waals surface area contributed by atoms with Crippen molar-refractivity contribution >= 4 is 11.9 Å². The summed E-state index contributed by atoms with van der Waals surface area (Å²) in [6, 6.07) is 11.6. The molecule has 0 atom stereocenters. The van der Waals surface area contributed by atoms with Crippen LogP contribution in [-0.2, 0) is 0 Å². The lowest BCUT2D eigenvalue weighted by molar-refractivity contribution is 0.0696. The van der Waals surface area contributed by atoms with Crippen LogP contribution in [0.15, 0.2) is 42.5 Å². The number of carboxylic acids is 2. The van der Waals surface area contributed by atoms with Crippen LogP contribution in [0.4, 0.5) is 0 Å². The zero-order valence-corrected chi connectivity index (χ0v) is 11.3. The van der Waals surface area contributed by atoms with Gasteiger partial charge in [0.1, 0.15) is 0 Å². The Balaban J connectivity index is 2.86. The Labute approximate surface area is 127 Å². The Bertz CT molecular complexity index is 846. The van der Waals surface area contributed by atoms with Crippen molar-refractivity contribution in [1.29, 1.82) is 0 Å². The second kappa shape index (κ2) is 6.30. The van der Waals surface area contributed by atoms with Crippen molar-refractivity contribution in [3.63, 3.8) is 0 Å². The lowest BCUT2D eigenvalue weighted by atomic mass is 9.92. The van der Waals surface area contributed by atoms with E-state index in [9.17, 15) is 19.8 Å². The van der Waals surface area contributed by atoms with Crippen molar-refractivity contribution in [2.75, 3.05) is 0 Å². The maximum atomic E-state index is 11.6.